The molecule has 0 spiro atoms. The number of aromatic nitrogens is 2. The first-order valence-electron chi connectivity index (χ1n) is 9.49. The molecule has 0 atom stereocenters. The van der Waals surface area contributed by atoms with E-state index in [1.807, 2.05) is 47.8 Å². The summed E-state index contributed by atoms with van der Waals surface area (Å²) in [7, 11) is 1.58. The molecule has 8 heteroatoms. The Balaban J connectivity index is 1.35. The standard InChI is InChI=1S/C23H20N4O3S/c1-29-19-6-3-7-20(13-19)30-14-22(28)25-17-4-2-5-18(12-17)26-23-27-21(15-31-23)16-8-10-24-11-9-16/h2-13,15H,14H2,1H3,(H,25,28)(H,26,27). The van der Waals surface area contributed by atoms with E-state index in [4.69, 9.17) is 9.47 Å². The quantitative estimate of drug-likeness (QED) is 0.409. The number of thiazole rings is 1. The molecule has 0 bridgehead atoms. The Kier molecular flexibility index (Phi) is 6.39. The largest absolute Gasteiger partial charge is 0.497 e. The minimum absolute atomic E-state index is 0.105. The Bertz CT molecular complexity index is 1160. The Labute approximate surface area is 183 Å². The van der Waals surface area contributed by atoms with Crippen molar-refractivity contribution in [3.05, 3.63) is 78.4 Å². The van der Waals surface area contributed by atoms with Crippen LogP contribution in [0.3, 0.4) is 0 Å². The molecule has 156 valence electrons. The molecule has 0 aliphatic carbocycles. The van der Waals surface area contributed by atoms with Crippen LogP contribution >= 0.6 is 11.3 Å². The highest BCUT2D eigenvalue weighted by molar-refractivity contribution is 7.14. The molecule has 0 saturated carbocycles. The number of carbonyl (C=O) groups excluding carboxylic acids is 1. The Morgan fingerprint density at radius 1 is 1.00 bits per heavy atom. The molecule has 7 nitrogen and oxygen atoms in total. The molecule has 0 aliphatic rings. The van der Waals surface area contributed by atoms with Gasteiger partial charge in [-0.2, -0.15) is 0 Å². The third kappa shape index (κ3) is 5.58. The van der Waals surface area contributed by atoms with Crippen LogP contribution in [-0.2, 0) is 4.79 Å². The molecule has 0 unspecified atom stereocenters. The zero-order valence-corrected chi connectivity index (χ0v) is 17.6. The van der Waals surface area contributed by atoms with Gasteiger partial charge in [-0.3, -0.25) is 9.78 Å². The summed E-state index contributed by atoms with van der Waals surface area (Å²) in [6.07, 6.45) is 3.48. The van der Waals surface area contributed by atoms with Crippen molar-refractivity contribution in [1.29, 1.82) is 0 Å². The highest BCUT2D eigenvalue weighted by Gasteiger charge is 2.07. The fraction of sp³-hybridized carbons (Fsp3) is 0.0870. The van der Waals surface area contributed by atoms with Crippen molar-refractivity contribution >= 4 is 33.8 Å². The fourth-order valence-corrected chi connectivity index (χ4v) is 3.56. The molecule has 0 saturated heterocycles. The van der Waals surface area contributed by atoms with Gasteiger partial charge in [0.15, 0.2) is 11.7 Å². The number of rotatable bonds is 8. The lowest BCUT2D eigenvalue weighted by Crippen LogP contribution is -2.20. The SMILES string of the molecule is COc1cccc(OCC(=O)Nc2cccc(Nc3nc(-c4ccncc4)cs3)c2)c1. The molecule has 31 heavy (non-hydrogen) atoms. The van der Waals surface area contributed by atoms with Crippen LogP contribution in [0.2, 0.25) is 0 Å². The molecule has 0 aliphatic heterocycles. The highest BCUT2D eigenvalue weighted by Crippen LogP contribution is 2.27. The topological polar surface area (TPSA) is 85.4 Å². The van der Waals surface area contributed by atoms with Crippen LogP contribution in [0.4, 0.5) is 16.5 Å². The first-order valence-corrected chi connectivity index (χ1v) is 10.4. The van der Waals surface area contributed by atoms with E-state index in [2.05, 4.69) is 20.6 Å². The summed E-state index contributed by atoms with van der Waals surface area (Å²) in [5.74, 6) is 0.985. The lowest BCUT2D eigenvalue weighted by molar-refractivity contribution is -0.118. The van der Waals surface area contributed by atoms with Crippen molar-refractivity contribution in [2.75, 3.05) is 24.4 Å². The Morgan fingerprint density at radius 3 is 2.61 bits per heavy atom. The molecule has 2 N–H and O–H groups in total. The lowest BCUT2D eigenvalue weighted by atomic mass is 10.2. The molecular formula is C23H20N4O3S. The molecule has 1 amide bonds. The Morgan fingerprint density at radius 2 is 1.77 bits per heavy atom. The number of pyridine rings is 1. The predicted molar refractivity (Wildman–Crippen MR) is 122 cm³/mol. The van der Waals surface area contributed by atoms with Crippen LogP contribution in [0, 0.1) is 0 Å². The van der Waals surface area contributed by atoms with Gasteiger partial charge < -0.3 is 20.1 Å². The summed E-state index contributed by atoms with van der Waals surface area (Å²) in [5, 5.41) is 8.86. The smallest absolute Gasteiger partial charge is 0.262 e. The summed E-state index contributed by atoms with van der Waals surface area (Å²) in [4.78, 5) is 20.9. The van der Waals surface area contributed by atoms with Gasteiger partial charge in [0.2, 0.25) is 0 Å². The highest BCUT2D eigenvalue weighted by atomic mass is 32.1. The third-order valence-corrected chi connectivity index (χ3v) is 5.05. The number of anilines is 3. The number of ether oxygens (including phenoxy) is 2. The monoisotopic (exact) mass is 432 g/mol. The lowest BCUT2D eigenvalue weighted by Gasteiger charge is -2.10. The molecule has 0 radical (unpaired) electrons. The van der Waals surface area contributed by atoms with E-state index in [1.165, 1.54) is 11.3 Å². The second-order valence-electron chi connectivity index (χ2n) is 6.50. The molecule has 4 rings (SSSR count). The first kappa shape index (κ1) is 20.4. The second-order valence-corrected chi connectivity index (χ2v) is 7.35. The minimum Gasteiger partial charge on any atom is -0.497 e. The van der Waals surface area contributed by atoms with Gasteiger partial charge in [-0.15, -0.1) is 11.3 Å². The molecule has 2 aromatic heterocycles. The number of methoxy groups -OCH3 is 1. The van der Waals surface area contributed by atoms with Crippen LogP contribution in [0.5, 0.6) is 11.5 Å². The van der Waals surface area contributed by atoms with E-state index >= 15 is 0 Å². The zero-order chi connectivity index (χ0) is 21.5. The molecule has 2 aromatic carbocycles. The summed E-state index contributed by atoms with van der Waals surface area (Å²) in [6, 6.07) is 18.4. The van der Waals surface area contributed by atoms with Crippen molar-refractivity contribution < 1.29 is 14.3 Å². The van der Waals surface area contributed by atoms with E-state index < -0.39 is 0 Å². The minimum atomic E-state index is -0.255. The number of hydrogen-bond donors (Lipinski definition) is 2. The van der Waals surface area contributed by atoms with Crippen LogP contribution in [-0.4, -0.2) is 29.6 Å². The molecule has 0 fully saturated rings. The normalized spacial score (nSPS) is 10.4. The second kappa shape index (κ2) is 9.73. The predicted octanol–water partition coefficient (Wildman–Crippen LogP) is 4.97. The van der Waals surface area contributed by atoms with E-state index in [0.717, 1.165) is 22.1 Å². The maximum atomic E-state index is 12.3. The van der Waals surface area contributed by atoms with Gasteiger partial charge in [0, 0.05) is 40.8 Å². The summed E-state index contributed by atoms with van der Waals surface area (Å²) in [5.41, 5.74) is 3.38. The van der Waals surface area contributed by atoms with Crippen molar-refractivity contribution in [2.24, 2.45) is 0 Å². The average molecular weight is 433 g/mol. The molecule has 2 heterocycles. The van der Waals surface area contributed by atoms with Gasteiger partial charge in [-0.05, 0) is 42.5 Å². The van der Waals surface area contributed by atoms with E-state index in [1.54, 1.807) is 37.7 Å². The van der Waals surface area contributed by atoms with Gasteiger partial charge in [-0.1, -0.05) is 12.1 Å². The van der Waals surface area contributed by atoms with Crippen molar-refractivity contribution in [2.45, 2.75) is 0 Å². The third-order valence-electron chi connectivity index (χ3n) is 4.29. The number of amides is 1. The zero-order valence-electron chi connectivity index (χ0n) is 16.7. The van der Waals surface area contributed by atoms with Crippen LogP contribution < -0.4 is 20.1 Å². The number of nitrogens with one attached hydrogen (secondary N) is 2. The Hall–Kier alpha value is -3.91. The number of carbonyl (C=O) groups is 1. The first-order chi connectivity index (χ1) is 15.2. The molecule has 4 aromatic rings. The maximum absolute atomic E-state index is 12.3. The van der Waals surface area contributed by atoms with Crippen LogP contribution in [0.15, 0.2) is 78.4 Å². The number of benzene rings is 2. The van der Waals surface area contributed by atoms with E-state index in [0.29, 0.717) is 17.2 Å². The van der Waals surface area contributed by atoms with Crippen molar-refractivity contribution in [3.63, 3.8) is 0 Å². The van der Waals surface area contributed by atoms with Gasteiger partial charge in [0.05, 0.1) is 12.8 Å². The van der Waals surface area contributed by atoms with Crippen molar-refractivity contribution in [1.82, 2.24) is 9.97 Å². The van der Waals surface area contributed by atoms with Gasteiger partial charge >= 0.3 is 0 Å². The van der Waals surface area contributed by atoms with Gasteiger partial charge in [0.25, 0.3) is 5.91 Å². The summed E-state index contributed by atoms with van der Waals surface area (Å²) in [6.45, 7) is -0.105. The van der Waals surface area contributed by atoms with Crippen LogP contribution in [0.25, 0.3) is 11.3 Å². The number of nitrogens with zero attached hydrogens (tertiary/aromatic N) is 2. The summed E-state index contributed by atoms with van der Waals surface area (Å²) >= 11 is 1.51. The fourth-order valence-electron chi connectivity index (χ4n) is 2.82. The van der Waals surface area contributed by atoms with Crippen LogP contribution in [0.1, 0.15) is 0 Å². The van der Waals surface area contributed by atoms with Gasteiger partial charge in [-0.25, -0.2) is 4.98 Å². The number of hydrogen-bond acceptors (Lipinski definition) is 7. The summed E-state index contributed by atoms with van der Waals surface area (Å²) < 4.78 is 10.7. The van der Waals surface area contributed by atoms with E-state index in [-0.39, 0.29) is 12.5 Å². The average Bonchev–Trinajstić information content (AvgIpc) is 3.27. The van der Waals surface area contributed by atoms with Crippen molar-refractivity contribution in [3.8, 4) is 22.8 Å². The van der Waals surface area contributed by atoms with E-state index in [9.17, 15) is 4.79 Å². The molecular weight excluding hydrogens is 412 g/mol. The maximum Gasteiger partial charge on any atom is 0.262 e. The van der Waals surface area contributed by atoms with Gasteiger partial charge in [0.1, 0.15) is 11.5 Å².